The average Bonchev–Trinajstić information content (AvgIpc) is 2.57. The van der Waals surface area contributed by atoms with Crippen molar-refractivity contribution in [3.05, 3.63) is 65.5 Å². The summed E-state index contributed by atoms with van der Waals surface area (Å²) in [5, 5.41) is 0. The minimum Gasteiger partial charge on any atom is -0.296 e. The van der Waals surface area contributed by atoms with Crippen LogP contribution in [0.4, 0.5) is 4.39 Å². The molecular weight excluding hydrogens is 327 g/mol. The summed E-state index contributed by atoms with van der Waals surface area (Å²) in [6.07, 6.45) is 0. The van der Waals surface area contributed by atoms with Gasteiger partial charge in [-0.2, -0.15) is 4.31 Å². The molecule has 24 heavy (non-hydrogen) atoms. The van der Waals surface area contributed by atoms with Crippen molar-refractivity contribution in [3.8, 4) is 0 Å². The zero-order valence-electron chi connectivity index (χ0n) is 13.7. The van der Waals surface area contributed by atoms with Crippen molar-refractivity contribution < 1.29 is 12.8 Å². The summed E-state index contributed by atoms with van der Waals surface area (Å²) in [7, 11) is -3.46. The van der Waals surface area contributed by atoms with Crippen LogP contribution in [0.5, 0.6) is 0 Å². The van der Waals surface area contributed by atoms with Gasteiger partial charge in [-0.15, -0.1) is 0 Å². The fourth-order valence-corrected chi connectivity index (χ4v) is 4.45. The lowest BCUT2D eigenvalue weighted by Crippen LogP contribution is -2.48. The standard InChI is InChI=1S/C18H21FN2O2S/c1-15-5-4-7-17(13-15)24(22,23)21-11-9-20(10-12-21)14-16-6-2-3-8-18(16)19/h2-8,13H,9-12,14H2,1H3. The predicted octanol–water partition coefficient (Wildman–Crippen LogP) is 2.64. The number of benzene rings is 2. The lowest BCUT2D eigenvalue weighted by Gasteiger charge is -2.34. The van der Waals surface area contributed by atoms with Crippen molar-refractivity contribution in [1.29, 1.82) is 0 Å². The first-order valence-corrected chi connectivity index (χ1v) is 9.43. The van der Waals surface area contributed by atoms with E-state index in [2.05, 4.69) is 4.90 Å². The van der Waals surface area contributed by atoms with E-state index in [-0.39, 0.29) is 5.82 Å². The van der Waals surface area contributed by atoms with Gasteiger partial charge in [0.2, 0.25) is 10.0 Å². The molecule has 128 valence electrons. The van der Waals surface area contributed by atoms with Crippen LogP contribution in [-0.4, -0.2) is 43.8 Å². The van der Waals surface area contributed by atoms with Crippen LogP contribution in [0.25, 0.3) is 0 Å². The minimum atomic E-state index is -3.46. The molecule has 1 aliphatic rings. The van der Waals surface area contributed by atoms with E-state index in [9.17, 15) is 12.8 Å². The molecule has 0 spiro atoms. The van der Waals surface area contributed by atoms with Gasteiger partial charge in [0, 0.05) is 38.3 Å². The van der Waals surface area contributed by atoms with Gasteiger partial charge in [0.1, 0.15) is 5.82 Å². The molecule has 0 amide bonds. The molecule has 0 atom stereocenters. The van der Waals surface area contributed by atoms with Crippen molar-refractivity contribution in [2.75, 3.05) is 26.2 Å². The van der Waals surface area contributed by atoms with Gasteiger partial charge >= 0.3 is 0 Å². The number of piperazine rings is 1. The molecule has 0 saturated carbocycles. The molecule has 0 aliphatic carbocycles. The molecule has 0 bridgehead atoms. The Hall–Kier alpha value is -1.76. The second-order valence-corrected chi connectivity index (χ2v) is 8.03. The molecule has 4 nitrogen and oxygen atoms in total. The third kappa shape index (κ3) is 3.66. The summed E-state index contributed by atoms with van der Waals surface area (Å²) in [6, 6.07) is 13.7. The van der Waals surface area contributed by atoms with Gasteiger partial charge in [-0.1, -0.05) is 30.3 Å². The highest BCUT2D eigenvalue weighted by Crippen LogP contribution is 2.19. The van der Waals surface area contributed by atoms with Gasteiger partial charge in [0.15, 0.2) is 0 Å². The molecule has 1 heterocycles. The highest BCUT2D eigenvalue weighted by Gasteiger charge is 2.28. The summed E-state index contributed by atoms with van der Waals surface area (Å²) >= 11 is 0. The van der Waals surface area contributed by atoms with Crippen molar-refractivity contribution in [1.82, 2.24) is 9.21 Å². The number of rotatable bonds is 4. The number of aryl methyl sites for hydroxylation is 1. The molecule has 0 unspecified atom stereocenters. The van der Waals surface area contributed by atoms with E-state index in [0.717, 1.165) is 5.56 Å². The van der Waals surface area contributed by atoms with Gasteiger partial charge in [0.05, 0.1) is 4.90 Å². The predicted molar refractivity (Wildman–Crippen MR) is 91.6 cm³/mol. The molecule has 1 aliphatic heterocycles. The van der Waals surface area contributed by atoms with E-state index in [1.54, 1.807) is 30.3 Å². The molecular formula is C18H21FN2O2S. The fourth-order valence-electron chi connectivity index (χ4n) is 2.92. The Balaban J connectivity index is 1.65. The lowest BCUT2D eigenvalue weighted by molar-refractivity contribution is 0.180. The van der Waals surface area contributed by atoms with Crippen molar-refractivity contribution in [2.45, 2.75) is 18.4 Å². The Morgan fingerprint density at radius 3 is 2.38 bits per heavy atom. The zero-order chi connectivity index (χ0) is 17.2. The summed E-state index contributed by atoms with van der Waals surface area (Å²) in [4.78, 5) is 2.42. The van der Waals surface area contributed by atoms with Gasteiger partial charge in [-0.25, -0.2) is 12.8 Å². The van der Waals surface area contributed by atoms with Crippen LogP contribution >= 0.6 is 0 Å². The smallest absolute Gasteiger partial charge is 0.243 e. The number of sulfonamides is 1. The van der Waals surface area contributed by atoms with Gasteiger partial charge in [-0.3, -0.25) is 4.90 Å². The van der Waals surface area contributed by atoms with Crippen LogP contribution in [0.3, 0.4) is 0 Å². The SMILES string of the molecule is Cc1cccc(S(=O)(=O)N2CCN(Cc3ccccc3F)CC2)c1. The summed E-state index contributed by atoms with van der Waals surface area (Å²) in [5.74, 6) is -0.215. The lowest BCUT2D eigenvalue weighted by atomic mass is 10.2. The van der Waals surface area contributed by atoms with E-state index < -0.39 is 10.0 Å². The van der Waals surface area contributed by atoms with Gasteiger partial charge in [-0.05, 0) is 30.7 Å². The number of hydrogen-bond donors (Lipinski definition) is 0. The van der Waals surface area contributed by atoms with Crippen molar-refractivity contribution in [3.63, 3.8) is 0 Å². The summed E-state index contributed by atoms with van der Waals surface area (Å²) < 4.78 is 40.7. The number of halogens is 1. The average molecular weight is 348 g/mol. The van der Waals surface area contributed by atoms with Crippen LogP contribution in [0.1, 0.15) is 11.1 Å². The van der Waals surface area contributed by atoms with E-state index in [1.165, 1.54) is 10.4 Å². The largest absolute Gasteiger partial charge is 0.296 e. The Morgan fingerprint density at radius 2 is 1.71 bits per heavy atom. The van der Waals surface area contributed by atoms with Crippen molar-refractivity contribution >= 4 is 10.0 Å². The zero-order valence-corrected chi connectivity index (χ0v) is 14.5. The first kappa shape index (κ1) is 17.1. The monoisotopic (exact) mass is 348 g/mol. The molecule has 3 rings (SSSR count). The molecule has 2 aromatic carbocycles. The van der Waals surface area contributed by atoms with E-state index >= 15 is 0 Å². The minimum absolute atomic E-state index is 0.215. The van der Waals surface area contributed by atoms with E-state index in [1.807, 2.05) is 19.1 Å². The van der Waals surface area contributed by atoms with Crippen molar-refractivity contribution in [2.24, 2.45) is 0 Å². The molecule has 0 N–H and O–H groups in total. The molecule has 6 heteroatoms. The second kappa shape index (κ2) is 7.01. The first-order chi connectivity index (χ1) is 11.5. The summed E-state index contributed by atoms with van der Waals surface area (Å²) in [6.45, 7) is 4.42. The topological polar surface area (TPSA) is 40.6 Å². The fraction of sp³-hybridized carbons (Fsp3) is 0.333. The first-order valence-electron chi connectivity index (χ1n) is 7.99. The maximum absolute atomic E-state index is 13.7. The highest BCUT2D eigenvalue weighted by atomic mass is 32.2. The molecule has 2 aromatic rings. The second-order valence-electron chi connectivity index (χ2n) is 6.09. The molecule has 1 saturated heterocycles. The summed E-state index contributed by atoms with van der Waals surface area (Å²) in [5.41, 5.74) is 1.57. The van der Waals surface area contributed by atoms with E-state index in [4.69, 9.17) is 0 Å². The Labute approximate surface area is 142 Å². The normalized spacial score (nSPS) is 17.1. The Morgan fingerprint density at radius 1 is 1.00 bits per heavy atom. The van der Waals surface area contributed by atoms with Crippen LogP contribution in [0, 0.1) is 12.7 Å². The third-order valence-corrected chi connectivity index (χ3v) is 6.20. The van der Waals surface area contributed by atoms with Gasteiger partial charge in [0.25, 0.3) is 0 Å². The number of nitrogens with zero attached hydrogens (tertiary/aromatic N) is 2. The molecule has 1 fully saturated rings. The highest BCUT2D eigenvalue weighted by molar-refractivity contribution is 7.89. The van der Waals surface area contributed by atoms with Crippen LogP contribution < -0.4 is 0 Å². The van der Waals surface area contributed by atoms with Crippen LogP contribution in [-0.2, 0) is 16.6 Å². The van der Waals surface area contributed by atoms with E-state index in [0.29, 0.717) is 43.2 Å². The number of hydrogen-bond acceptors (Lipinski definition) is 3. The third-order valence-electron chi connectivity index (χ3n) is 4.31. The maximum atomic E-state index is 13.7. The molecule has 0 radical (unpaired) electrons. The maximum Gasteiger partial charge on any atom is 0.243 e. The van der Waals surface area contributed by atoms with Crippen LogP contribution in [0.2, 0.25) is 0 Å². The van der Waals surface area contributed by atoms with Crippen LogP contribution in [0.15, 0.2) is 53.4 Å². The molecule has 0 aromatic heterocycles. The quantitative estimate of drug-likeness (QED) is 0.853. The Bertz CT molecular complexity index is 815. The Kier molecular flexibility index (Phi) is 4.99. The van der Waals surface area contributed by atoms with Gasteiger partial charge < -0.3 is 0 Å².